The van der Waals surface area contributed by atoms with Crippen LogP contribution >= 0.6 is 11.6 Å². The lowest BCUT2D eigenvalue weighted by Crippen LogP contribution is -2.45. The van der Waals surface area contributed by atoms with Crippen LogP contribution in [0.5, 0.6) is 6.01 Å². The summed E-state index contributed by atoms with van der Waals surface area (Å²) in [6.07, 6.45) is 6.75. The van der Waals surface area contributed by atoms with E-state index in [0.29, 0.717) is 84.8 Å². The number of H-pyrrole nitrogens is 1. The molecule has 5 aliphatic rings. The summed E-state index contributed by atoms with van der Waals surface area (Å²) in [6, 6.07) is 1.84. The molecule has 0 saturated carbocycles. The van der Waals surface area contributed by atoms with Crippen LogP contribution < -0.4 is 9.64 Å². The first-order valence-corrected chi connectivity index (χ1v) is 16.3. The number of alkyl halides is 1. The van der Waals surface area contributed by atoms with Gasteiger partial charge < -0.3 is 19.5 Å². The number of aliphatic hydroxyl groups excluding tert-OH is 1. The van der Waals surface area contributed by atoms with E-state index in [9.17, 15) is 9.50 Å². The highest BCUT2D eigenvalue weighted by Crippen LogP contribution is 2.42. The van der Waals surface area contributed by atoms with Gasteiger partial charge in [0, 0.05) is 60.7 Å². The second kappa shape index (κ2) is 11.6. The maximum Gasteiger partial charge on any atom is 0.319 e. The van der Waals surface area contributed by atoms with Gasteiger partial charge in [-0.2, -0.15) is 15.1 Å². The molecule has 8 heterocycles. The molecule has 45 heavy (non-hydrogen) atoms. The Hall–Kier alpha value is -3.19. The molecule has 3 fully saturated rings. The first-order valence-electron chi connectivity index (χ1n) is 15.9. The lowest BCUT2D eigenvalue weighted by molar-refractivity contribution is 0.0564. The number of anilines is 1. The summed E-state index contributed by atoms with van der Waals surface area (Å²) >= 11 is 6.81. The fourth-order valence-electron chi connectivity index (χ4n) is 7.99. The molecule has 6 bridgehead atoms. The number of nitrogens with one attached hydrogen (secondary N) is 1. The Balaban J connectivity index is 1.29. The molecule has 0 spiro atoms. The van der Waals surface area contributed by atoms with Gasteiger partial charge in [-0.05, 0) is 56.7 Å². The van der Waals surface area contributed by atoms with E-state index < -0.39 is 23.6 Å². The number of fused-ring (bicyclic) bond motifs is 8. The fraction of sp³-hybridized carbons (Fsp3) is 0.562. The zero-order valence-electron chi connectivity index (χ0n) is 24.9. The van der Waals surface area contributed by atoms with Crippen LogP contribution in [0, 0.1) is 11.7 Å². The van der Waals surface area contributed by atoms with Crippen molar-refractivity contribution >= 4 is 39.2 Å². The molecule has 238 valence electrons. The predicted octanol–water partition coefficient (Wildman–Crippen LogP) is 4.86. The monoisotopic (exact) mass is 639 g/mol. The largest absolute Gasteiger partial charge is 0.461 e. The van der Waals surface area contributed by atoms with E-state index in [0.717, 1.165) is 37.8 Å². The number of aromatic nitrogens is 5. The van der Waals surface area contributed by atoms with E-state index >= 15 is 4.39 Å². The summed E-state index contributed by atoms with van der Waals surface area (Å²) in [4.78, 5) is 18.2. The second-order valence-corrected chi connectivity index (χ2v) is 13.5. The van der Waals surface area contributed by atoms with Gasteiger partial charge in [0.2, 0.25) is 0 Å². The predicted molar refractivity (Wildman–Crippen MR) is 166 cm³/mol. The molecule has 0 unspecified atom stereocenters. The fourth-order valence-corrected chi connectivity index (χ4v) is 8.29. The van der Waals surface area contributed by atoms with E-state index in [-0.39, 0.29) is 29.7 Å². The Bertz CT molecular complexity index is 1760. The number of ether oxygens (including phenoxy) is 2. The number of benzene rings is 1. The highest BCUT2D eigenvalue weighted by molar-refractivity contribution is 6.33. The summed E-state index contributed by atoms with van der Waals surface area (Å²) < 4.78 is 43.8. The number of halogens is 3. The van der Waals surface area contributed by atoms with Gasteiger partial charge in [0.15, 0.2) is 5.82 Å². The van der Waals surface area contributed by atoms with Crippen LogP contribution in [0.15, 0.2) is 18.5 Å². The van der Waals surface area contributed by atoms with Crippen LogP contribution in [0.2, 0.25) is 5.02 Å². The molecular weight excluding hydrogens is 604 g/mol. The Morgan fingerprint density at radius 2 is 2.07 bits per heavy atom. The van der Waals surface area contributed by atoms with Gasteiger partial charge in [0.05, 0.1) is 35.3 Å². The zero-order valence-corrected chi connectivity index (χ0v) is 25.7. The molecule has 1 aromatic carbocycles. The Morgan fingerprint density at radius 3 is 2.98 bits per heavy atom. The van der Waals surface area contributed by atoms with Gasteiger partial charge in [-0.1, -0.05) is 11.6 Å². The van der Waals surface area contributed by atoms with E-state index in [4.69, 9.17) is 26.1 Å². The molecule has 9 rings (SSSR count). The van der Waals surface area contributed by atoms with Gasteiger partial charge in [-0.3, -0.25) is 15.0 Å². The van der Waals surface area contributed by atoms with Crippen molar-refractivity contribution in [3.05, 3.63) is 34.9 Å². The molecule has 10 nitrogen and oxygen atoms in total. The summed E-state index contributed by atoms with van der Waals surface area (Å²) in [5.41, 5.74) is 1.83. The highest BCUT2D eigenvalue weighted by Gasteiger charge is 2.49. The van der Waals surface area contributed by atoms with Gasteiger partial charge in [-0.25, -0.2) is 8.78 Å². The number of piperidine rings is 1. The third-order valence-corrected chi connectivity index (χ3v) is 10.4. The number of nitrogens with zero attached hydrogens (tertiary/aromatic N) is 6. The average molecular weight is 640 g/mol. The topological polar surface area (TPSA) is 113 Å². The molecule has 3 aromatic heterocycles. The van der Waals surface area contributed by atoms with Crippen LogP contribution in [-0.2, 0) is 11.2 Å². The van der Waals surface area contributed by atoms with Crippen molar-refractivity contribution in [2.45, 2.75) is 62.8 Å². The highest BCUT2D eigenvalue weighted by atomic mass is 35.5. The Morgan fingerprint density at radius 1 is 1.16 bits per heavy atom. The van der Waals surface area contributed by atoms with Crippen LogP contribution in [0.1, 0.15) is 44.1 Å². The van der Waals surface area contributed by atoms with Crippen LogP contribution in [0.25, 0.3) is 33.1 Å². The molecule has 3 saturated heterocycles. The second-order valence-electron chi connectivity index (χ2n) is 13.1. The molecule has 4 atom stereocenters. The Kier molecular flexibility index (Phi) is 7.51. The minimum Gasteiger partial charge on any atom is -0.461 e. The third-order valence-electron chi connectivity index (χ3n) is 10.0. The maximum absolute atomic E-state index is 17.0. The molecule has 13 heteroatoms. The number of hydrogen-bond acceptors (Lipinski definition) is 9. The standard InChI is InChI=1S/C32H36ClF2N7O3/c33-24-9-25-22(12-37-40-25)26-21(24)4-1-2-7-44-16-18-8-20(43)15-41(13-18)30-23-11-36-29(26)27(35)28(23)38-31(39-30)45-17-32-5-3-6-42(32)14-19(34)10-32/h9,11-12,18-20,43H,1-8,10,13-17H2,(H,37,40)/t18-,19-,20+,32+/m1/s1. The molecule has 5 aliphatic heterocycles. The SMILES string of the molecule is O[C@H]1C[C@H]2COCCCCc3c(Cl)cc4[nH]ncc4c3-c3ncc4c(nc(OC[C@@]56CCCN5C[C@H](F)C6)nc4c3F)N(C1)C2. The third kappa shape index (κ3) is 5.19. The van der Waals surface area contributed by atoms with E-state index in [2.05, 4.69) is 25.1 Å². The molecule has 0 radical (unpaired) electrons. The molecule has 0 amide bonds. The van der Waals surface area contributed by atoms with E-state index in [1.165, 1.54) is 0 Å². The van der Waals surface area contributed by atoms with Crippen molar-refractivity contribution in [1.29, 1.82) is 0 Å². The quantitative estimate of drug-likeness (QED) is 0.325. The zero-order chi connectivity index (χ0) is 30.7. The number of rotatable bonds is 3. The minimum absolute atomic E-state index is 0.0193. The van der Waals surface area contributed by atoms with Gasteiger partial charge >= 0.3 is 6.01 Å². The summed E-state index contributed by atoms with van der Waals surface area (Å²) in [6.45, 7) is 3.40. The van der Waals surface area contributed by atoms with Gasteiger partial charge in [0.1, 0.15) is 29.8 Å². The number of aromatic amines is 1. The lowest BCUT2D eigenvalue weighted by atomic mass is 9.94. The summed E-state index contributed by atoms with van der Waals surface area (Å²) in [5.74, 6) is -0.107. The normalized spacial score (nSPS) is 27.5. The summed E-state index contributed by atoms with van der Waals surface area (Å²) in [5, 5.41) is 19.7. The first kappa shape index (κ1) is 29.2. The average Bonchev–Trinajstić information content (AvgIpc) is 3.71. The molecule has 0 aliphatic carbocycles. The lowest BCUT2D eigenvalue weighted by Gasteiger charge is -2.37. The summed E-state index contributed by atoms with van der Waals surface area (Å²) in [7, 11) is 0. The van der Waals surface area contributed by atoms with E-state index in [1.807, 2.05) is 11.0 Å². The number of aliphatic hydroxyl groups is 1. The van der Waals surface area contributed by atoms with Crippen LogP contribution in [0.4, 0.5) is 14.6 Å². The number of pyridine rings is 1. The van der Waals surface area contributed by atoms with Crippen molar-refractivity contribution in [3.63, 3.8) is 0 Å². The van der Waals surface area contributed by atoms with Gasteiger partial charge in [0.25, 0.3) is 0 Å². The van der Waals surface area contributed by atoms with Crippen molar-refractivity contribution < 1.29 is 23.4 Å². The van der Waals surface area contributed by atoms with Crippen molar-refractivity contribution in [2.24, 2.45) is 5.92 Å². The Labute approximate surface area is 264 Å². The molecule has 4 aromatic rings. The van der Waals surface area contributed by atoms with Crippen LogP contribution in [0.3, 0.4) is 0 Å². The first-order chi connectivity index (χ1) is 21.9. The van der Waals surface area contributed by atoms with E-state index in [1.54, 1.807) is 12.4 Å². The van der Waals surface area contributed by atoms with Gasteiger partial charge in [-0.15, -0.1) is 0 Å². The smallest absolute Gasteiger partial charge is 0.319 e. The maximum atomic E-state index is 17.0. The minimum atomic E-state index is -0.902. The van der Waals surface area contributed by atoms with Crippen molar-refractivity contribution in [1.82, 2.24) is 30.0 Å². The van der Waals surface area contributed by atoms with Crippen LogP contribution in [-0.4, -0.2) is 99.0 Å². The molecular formula is C32H36ClF2N7O3. The van der Waals surface area contributed by atoms with Crippen molar-refractivity contribution in [2.75, 3.05) is 50.9 Å². The molecule has 2 N–H and O–H groups in total. The van der Waals surface area contributed by atoms with Crippen molar-refractivity contribution in [3.8, 4) is 17.3 Å². The number of hydrogen-bond donors (Lipinski definition) is 2.